The lowest BCUT2D eigenvalue weighted by molar-refractivity contribution is -0.153. The standard InChI is InChI=1S/C17H29NO4/c1-4-7-12-17(14-18,16(20)22-6-3)13-10-8-9-11-15(19)21-5-2/h4-13H2,1-3H3. The summed E-state index contributed by atoms with van der Waals surface area (Å²) in [6, 6.07) is 2.19. The van der Waals surface area contributed by atoms with Gasteiger partial charge in [-0.3, -0.25) is 9.59 Å². The molecule has 22 heavy (non-hydrogen) atoms. The molecule has 0 aliphatic rings. The van der Waals surface area contributed by atoms with Crippen molar-refractivity contribution in [1.82, 2.24) is 0 Å². The van der Waals surface area contributed by atoms with Crippen LogP contribution in [0.3, 0.4) is 0 Å². The van der Waals surface area contributed by atoms with Crippen LogP contribution >= 0.6 is 0 Å². The summed E-state index contributed by atoms with van der Waals surface area (Å²) >= 11 is 0. The summed E-state index contributed by atoms with van der Waals surface area (Å²) in [5.74, 6) is -0.596. The summed E-state index contributed by atoms with van der Waals surface area (Å²) in [4.78, 5) is 23.4. The van der Waals surface area contributed by atoms with Crippen molar-refractivity contribution in [3.05, 3.63) is 0 Å². The normalized spacial score (nSPS) is 13.0. The van der Waals surface area contributed by atoms with Gasteiger partial charge in [0.15, 0.2) is 5.41 Å². The number of carbonyl (C=O) groups is 2. The number of rotatable bonds is 12. The summed E-state index contributed by atoms with van der Waals surface area (Å²) in [6.45, 7) is 6.26. The summed E-state index contributed by atoms with van der Waals surface area (Å²) in [6.07, 6.45) is 5.44. The van der Waals surface area contributed by atoms with Crippen LogP contribution in [0.5, 0.6) is 0 Å². The predicted molar refractivity (Wildman–Crippen MR) is 83.9 cm³/mol. The number of hydrogen-bond donors (Lipinski definition) is 0. The van der Waals surface area contributed by atoms with E-state index in [9.17, 15) is 14.9 Å². The van der Waals surface area contributed by atoms with Crippen LogP contribution < -0.4 is 0 Å². The molecule has 0 heterocycles. The topological polar surface area (TPSA) is 76.4 Å². The quantitative estimate of drug-likeness (QED) is 0.405. The van der Waals surface area contributed by atoms with Crippen molar-refractivity contribution in [2.24, 2.45) is 5.41 Å². The van der Waals surface area contributed by atoms with E-state index in [0.717, 1.165) is 32.1 Å². The van der Waals surface area contributed by atoms with Crippen LogP contribution in [0.2, 0.25) is 0 Å². The van der Waals surface area contributed by atoms with Gasteiger partial charge < -0.3 is 9.47 Å². The molecule has 0 aliphatic heterocycles. The van der Waals surface area contributed by atoms with Gasteiger partial charge in [-0.05, 0) is 33.1 Å². The fourth-order valence-corrected chi connectivity index (χ4v) is 2.34. The molecule has 0 aliphatic carbocycles. The zero-order chi connectivity index (χ0) is 16.8. The molecule has 0 saturated heterocycles. The van der Waals surface area contributed by atoms with Crippen LogP contribution in [-0.4, -0.2) is 25.2 Å². The average Bonchev–Trinajstić information content (AvgIpc) is 2.50. The van der Waals surface area contributed by atoms with Gasteiger partial charge in [0.05, 0.1) is 19.3 Å². The third kappa shape index (κ3) is 7.44. The van der Waals surface area contributed by atoms with E-state index in [1.165, 1.54) is 0 Å². The number of esters is 2. The predicted octanol–water partition coefficient (Wildman–Crippen LogP) is 3.76. The first kappa shape index (κ1) is 20.4. The third-order valence-electron chi connectivity index (χ3n) is 3.63. The monoisotopic (exact) mass is 311 g/mol. The molecular weight excluding hydrogens is 282 g/mol. The molecule has 0 saturated carbocycles. The number of hydrogen-bond acceptors (Lipinski definition) is 5. The minimum atomic E-state index is -1.03. The lowest BCUT2D eigenvalue weighted by Crippen LogP contribution is -2.31. The van der Waals surface area contributed by atoms with Crippen LogP contribution in [-0.2, 0) is 19.1 Å². The zero-order valence-corrected chi connectivity index (χ0v) is 14.2. The Morgan fingerprint density at radius 3 is 2.14 bits per heavy atom. The molecule has 5 heteroatoms. The van der Waals surface area contributed by atoms with E-state index in [1.807, 2.05) is 6.92 Å². The van der Waals surface area contributed by atoms with Crippen molar-refractivity contribution < 1.29 is 19.1 Å². The molecule has 0 aromatic carbocycles. The van der Waals surface area contributed by atoms with Crippen LogP contribution in [0.15, 0.2) is 0 Å². The molecular formula is C17H29NO4. The SMILES string of the molecule is CCCCC(C#N)(CCCCCC(=O)OCC)C(=O)OCC. The molecule has 0 bridgehead atoms. The van der Waals surface area contributed by atoms with Gasteiger partial charge in [-0.1, -0.05) is 32.6 Å². The molecule has 0 amide bonds. The smallest absolute Gasteiger partial charge is 0.326 e. The second kappa shape index (κ2) is 12.0. The Hall–Kier alpha value is -1.57. The van der Waals surface area contributed by atoms with E-state index in [-0.39, 0.29) is 12.6 Å². The van der Waals surface area contributed by atoms with E-state index < -0.39 is 11.4 Å². The Labute approximate surface area is 134 Å². The van der Waals surface area contributed by atoms with Crippen molar-refractivity contribution in [3.8, 4) is 6.07 Å². The van der Waals surface area contributed by atoms with E-state index >= 15 is 0 Å². The van der Waals surface area contributed by atoms with Gasteiger partial charge in [0.2, 0.25) is 0 Å². The highest BCUT2D eigenvalue weighted by atomic mass is 16.5. The Morgan fingerprint density at radius 1 is 0.955 bits per heavy atom. The number of carbonyl (C=O) groups excluding carboxylic acids is 2. The maximum Gasteiger partial charge on any atom is 0.326 e. The Balaban J connectivity index is 4.37. The van der Waals surface area contributed by atoms with Gasteiger partial charge in [-0.15, -0.1) is 0 Å². The number of ether oxygens (including phenoxy) is 2. The van der Waals surface area contributed by atoms with Crippen LogP contribution in [0.4, 0.5) is 0 Å². The minimum Gasteiger partial charge on any atom is -0.466 e. The van der Waals surface area contributed by atoms with Crippen LogP contribution in [0.25, 0.3) is 0 Å². The molecule has 0 radical (unpaired) electrons. The van der Waals surface area contributed by atoms with E-state index in [0.29, 0.717) is 25.9 Å². The van der Waals surface area contributed by atoms with Gasteiger partial charge >= 0.3 is 11.9 Å². The second-order valence-electron chi connectivity index (χ2n) is 5.38. The highest BCUT2D eigenvalue weighted by Gasteiger charge is 2.39. The molecule has 0 fully saturated rings. The van der Waals surface area contributed by atoms with Gasteiger partial charge in [0, 0.05) is 6.42 Å². The lowest BCUT2D eigenvalue weighted by Gasteiger charge is -2.24. The maximum absolute atomic E-state index is 12.1. The van der Waals surface area contributed by atoms with Gasteiger partial charge in [0.25, 0.3) is 0 Å². The molecule has 0 aromatic heterocycles. The summed E-state index contributed by atoms with van der Waals surface area (Å²) < 4.78 is 9.96. The second-order valence-corrected chi connectivity index (χ2v) is 5.38. The number of unbranched alkanes of at least 4 members (excludes halogenated alkanes) is 3. The van der Waals surface area contributed by atoms with E-state index in [1.54, 1.807) is 13.8 Å². The molecule has 0 N–H and O–H groups in total. The van der Waals surface area contributed by atoms with Crippen molar-refractivity contribution in [1.29, 1.82) is 5.26 Å². The highest BCUT2D eigenvalue weighted by Crippen LogP contribution is 2.32. The van der Waals surface area contributed by atoms with Crippen molar-refractivity contribution >= 4 is 11.9 Å². The first-order valence-corrected chi connectivity index (χ1v) is 8.30. The van der Waals surface area contributed by atoms with Crippen molar-refractivity contribution in [3.63, 3.8) is 0 Å². The fraction of sp³-hybridized carbons (Fsp3) is 0.824. The van der Waals surface area contributed by atoms with E-state index in [2.05, 4.69) is 6.07 Å². The number of nitrogens with zero attached hydrogens (tertiary/aromatic N) is 1. The fourth-order valence-electron chi connectivity index (χ4n) is 2.34. The first-order chi connectivity index (χ1) is 10.6. The molecule has 0 spiro atoms. The first-order valence-electron chi connectivity index (χ1n) is 8.30. The molecule has 0 aromatic rings. The van der Waals surface area contributed by atoms with Crippen LogP contribution in [0, 0.1) is 16.7 Å². The summed E-state index contributed by atoms with van der Waals surface area (Å²) in [5.41, 5.74) is -1.03. The molecule has 5 nitrogen and oxygen atoms in total. The van der Waals surface area contributed by atoms with Crippen LogP contribution in [0.1, 0.15) is 72.1 Å². The largest absolute Gasteiger partial charge is 0.466 e. The Bertz CT molecular complexity index is 375. The summed E-state index contributed by atoms with van der Waals surface area (Å²) in [7, 11) is 0. The Kier molecular flexibility index (Phi) is 11.2. The van der Waals surface area contributed by atoms with Crippen molar-refractivity contribution in [2.75, 3.05) is 13.2 Å². The Morgan fingerprint density at radius 2 is 1.59 bits per heavy atom. The van der Waals surface area contributed by atoms with Gasteiger partial charge in [-0.2, -0.15) is 5.26 Å². The van der Waals surface area contributed by atoms with Gasteiger partial charge in [0.1, 0.15) is 0 Å². The van der Waals surface area contributed by atoms with Gasteiger partial charge in [-0.25, -0.2) is 0 Å². The number of nitriles is 1. The summed E-state index contributed by atoms with van der Waals surface area (Å²) in [5, 5.41) is 9.49. The third-order valence-corrected chi connectivity index (χ3v) is 3.63. The van der Waals surface area contributed by atoms with Crippen molar-refractivity contribution in [2.45, 2.75) is 72.1 Å². The molecule has 0 rings (SSSR count). The molecule has 1 atom stereocenters. The molecule has 126 valence electrons. The zero-order valence-electron chi connectivity index (χ0n) is 14.2. The lowest BCUT2D eigenvalue weighted by atomic mass is 9.79. The molecule has 1 unspecified atom stereocenters. The minimum absolute atomic E-state index is 0.189. The highest BCUT2D eigenvalue weighted by molar-refractivity contribution is 5.80. The maximum atomic E-state index is 12.1. The van der Waals surface area contributed by atoms with E-state index in [4.69, 9.17) is 9.47 Å². The average molecular weight is 311 g/mol.